The lowest BCUT2D eigenvalue weighted by atomic mass is 10.2. The zero-order valence-corrected chi connectivity index (χ0v) is 14.0. The predicted molar refractivity (Wildman–Crippen MR) is 92.5 cm³/mol. The number of benzene rings is 2. The lowest BCUT2D eigenvalue weighted by molar-refractivity contribution is -0.120. The van der Waals surface area contributed by atoms with Gasteiger partial charge in [0.1, 0.15) is 11.6 Å². The monoisotopic (exact) mass is 363 g/mol. The van der Waals surface area contributed by atoms with Crippen molar-refractivity contribution in [1.82, 2.24) is 10.7 Å². The number of carbonyl (C=O) groups is 2. The van der Waals surface area contributed by atoms with Crippen molar-refractivity contribution in [2.45, 2.75) is 0 Å². The zero-order chi connectivity index (χ0) is 18.2. The van der Waals surface area contributed by atoms with Gasteiger partial charge in [0, 0.05) is 11.1 Å². The molecule has 2 aromatic rings. The fourth-order valence-corrected chi connectivity index (χ4v) is 2.06. The predicted octanol–water partition coefficient (Wildman–Crippen LogP) is 2.37. The van der Waals surface area contributed by atoms with Crippen LogP contribution in [0.1, 0.15) is 15.9 Å². The van der Waals surface area contributed by atoms with Crippen LogP contribution < -0.4 is 15.5 Å². The highest BCUT2D eigenvalue weighted by atomic mass is 35.5. The van der Waals surface area contributed by atoms with Gasteiger partial charge in [0.2, 0.25) is 0 Å². The third-order valence-electron chi connectivity index (χ3n) is 3.14. The molecule has 0 saturated carbocycles. The number of halogens is 2. The number of ether oxygens (including phenoxy) is 1. The molecular weight excluding hydrogens is 349 g/mol. The molecule has 2 rings (SSSR count). The molecule has 0 aliphatic heterocycles. The fraction of sp³-hybridized carbons (Fsp3) is 0.118. The van der Waals surface area contributed by atoms with E-state index in [-0.39, 0.29) is 17.1 Å². The van der Waals surface area contributed by atoms with Crippen LogP contribution in [0.25, 0.3) is 0 Å². The van der Waals surface area contributed by atoms with Gasteiger partial charge in [-0.3, -0.25) is 9.59 Å². The second-order valence-electron chi connectivity index (χ2n) is 4.84. The fourth-order valence-electron chi connectivity index (χ4n) is 1.85. The number of amides is 2. The third kappa shape index (κ3) is 5.29. The van der Waals surface area contributed by atoms with Crippen molar-refractivity contribution in [3.8, 4) is 5.75 Å². The standard InChI is InChI=1S/C17H15ClFN3O3/c1-25-12-7-5-11(6-8-12)17(24)20-10-16(23)22-21-9-13-14(18)3-2-4-15(13)19/h2-9H,10H2,1H3,(H,20,24)(H,22,23)/b21-9-. The third-order valence-corrected chi connectivity index (χ3v) is 3.47. The van der Waals surface area contributed by atoms with E-state index in [1.54, 1.807) is 24.3 Å². The van der Waals surface area contributed by atoms with Crippen LogP contribution in [0.4, 0.5) is 4.39 Å². The van der Waals surface area contributed by atoms with Crippen LogP contribution in [0, 0.1) is 5.82 Å². The highest BCUT2D eigenvalue weighted by Gasteiger charge is 2.08. The molecule has 0 radical (unpaired) electrons. The van der Waals surface area contributed by atoms with E-state index in [9.17, 15) is 14.0 Å². The normalized spacial score (nSPS) is 10.5. The highest BCUT2D eigenvalue weighted by Crippen LogP contribution is 2.16. The number of hydrazone groups is 1. The first-order valence-corrected chi connectivity index (χ1v) is 7.57. The summed E-state index contributed by atoms with van der Waals surface area (Å²) in [6.07, 6.45) is 1.10. The molecule has 0 atom stereocenters. The van der Waals surface area contributed by atoms with Crippen molar-refractivity contribution >= 4 is 29.6 Å². The number of methoxy groups -OCH3 is 1. The summed E-state index contributed by atoms with van der Waals surface area (Å²) in [7, 11) is 1.52. The minimum absolute atomic E-state index is 0.0618. The Balaban J connectivity index is 1.84. The van der Waals surface area contributed by atoms with E-state index in [1.165, 1.54) is 25.3 Å². The Bertz CT molecular complexity index is 774. The van der Waals surface area contributed by atoms with Gasteiger partial charge in [0.15, 0.2) is 0 Å². The second-order valence-corrected chi connectivity index (χ2v) is 5.25. The molecule has 0 aromatic heterocycles. The molecule has 0 spiro atoms. The summed E-state index contributed by atoms with van der Waals surface area (Å²) in [5, 5.41) is 6.23. The molecule has 0 unspecified atom stereocenters. The molecule has 0 bridgehead atoms. The first-order chi connectivity index (χ1) is 12.0. The Hall–Kier alpha value is -2.93. The lowest BCUT2D eigenvalue weighted by Gasteiger charge is -2.05. The number of nitrogens with zero attached hydrogens (tertiary/aromatic N) is 1. The van der Waals surface area contributed by atoms with Gasteiger partial charge >= 0.3 is 0 Å². The summed E-state index contributed by atoms with van der Waals surface area (Å²) in [6.45, 7) is -0.285. The van der Waals surface area contributed by atoms with Crippen LogP contribution in [0.2, 0.25) is 5.02 Å². The van der Waals surface area contributed by atoms with Crippen LogP contribution in [-0.2, 0) is 4.79 Å². The van der Waals surface area contributed by atoms with Crippen LogP contribution in [-0.4, -0.2) is 31.7 Å². The average molecular weight is 364 g/mol. The molecule has 0 aliphatic carbocycles. The lowest BCUT2D eigenvalue weighted by Crippen LogP contribution is -2.34. The van der Waals surface area contributed by atoms with Crippen molar-refractivity contribution in [2.75, 3.05) is 13.7 Å². The highest BCUT2D eigenvalue weighted by molar-refractivity contribution is 6.33. The van der Waals surface area contributed by atoms with Gasteiger partial charge in [0.25, 0.3) is 11.8 Å². The Morgan fingerprint density at radius 3 is 2.60 bits per heavy atom. The van der Waals surface area contributed by atoms with Crippen molar-refractivity contribution in [2.24, 2.45) is 5.10 Å². The first-order valence-electron chi connectivity index (χ1n) is 7.19. The van der Waals surface area contributed by atoms with Gasteiger partial charge in [-0.1, -0.05) is 17.7 Å². The summed E-state index contributed by atoms with van der Waals surface area (Å²) >= 11 is 5.83. The number of nitrogens with one attached hydrogen (secondary N) is 2. The molecule has 2 amide bonds. The molecule has 2 aromatic carbocycles. The maximum atomic E-state index is 13.5. The number of rotatable bonds is 6. The van der Waals surface area contributed by atoms with Crippen LogP contribution in [0.15, 0.2) is 47.6 Å². The Kier molecular flexibility index (Phi) is 6.47. The molecular formula is C17H15ClFN3O3. The molecule has 6 nitrogen and oxygen atoms in total. The minimum atomic E-state index is -0.564. The van der Waals surface area contributed by atoms with Gasteiger partial charge in [-0.05, 0) is 36.4 Å². The number of hydrogen-bond acceptors (Lipinski definition) is 4. The molecule has 8 heteroatoms. The molecule has 0 fully saturated rings. The quantitative estimate of drug-likeness (QED) is 0.611. The molecule has 130 valence electrons. The van der Waals surface area contributed by atoms with Crippen LogP contribution in [0.3, 0.4) is 0 Å². The molecule has 25 heavy (non-hydrogen) atoms. The van der Waals surface area contributed by atoms with E-state index in [2.05, 4.69) is 15.8 Å². The summed E-state index contributed by atoms with van der Waals surface area (Å²) < 4.78 is 18.5. The Morgan fingerprint density at radius 2 is 1.96 bits per heavy atom. The maximum absolute atomic E-state index is 13.5. The van der Waals surface area contributed by atoms with E-state index in [1.807, 2.05) is 0 Å². The topological polar surface area (TPSA) is 79.8 Å². The molecule has 0 heterocycles. The minimum Gasteiger partial charge on any atom is -0.497 e. The Labute approximate surface area is 148 Å². The van der Waals surface area contributed by atoms with E-state index in [4.69, 9.17) is 16.3 Å². The van der Waals surface area contributed by atoms with Gasteiger partial charge in [0.05, 0.1) is 24.9 Å². The molecule has 0 aliphatic rings. The SMILES string of the molecule is COc1ccc(C(=O)NCC(=O)N/N=C\c2c(F)cccc2Cl)cc1. The van der Waals surface area contributed by atoms with Gasteiger partial charge in [-0.15, -0.1) is 0 Å². The van der Waals surface area contributed by atoms with Gasteiger partial charge < -0.3 is 10.1 Å². The average Bonchev–Trinajstić information content (AvgIpc) is 2.62. The summed E-state index contributed by atoms with van der Waals surface area (Å²) in [4.78, 5) is 23.5. The summed E-state index contributed by atoms with van der Waals surface area (Å²) in [6, 6.07) is 10.6. The van der Waals surface area contributed by atoms with Crippen LogP contribution in [0.5, 0.6) is 5.75 Å². The zero-order valence-electron chi connectivity index (χ0n) is 13.3. The largest absolute Gasteiger partial charge is 0.497 e. The smallest absolute Gasteiger partial charge is 0.259 e. The second kappa shape index (κ2) is 8.79. The van der Waals surface area contributed by atoms with Gasteiger partial charge in [-0.25, -0.2) is 9.82 Å². The Morgan fingerprint density at radius 1 is 1.24 bits per heavy atom. The van der Waals surface area contributed by atoms with Crippen molar-refractivity contribution < 1.29 is 18.7 Å². The van der Waals surface area contributed by atoms with Gasteiger partial charge in [-0.2, -0.15) is 5.10 Å². The molecule has 0 saturated heterocycles. The van der Waals surface area contributed by atoms with E-state index in [0.29, 0.717) is 11.3 Å². The van der Waals surface area contributed by atoms with Crippen molar-refractivity contribution in [3.05, 3.63) is 64.4 Å². The maximum Gasteiger partial charge on any atom is 0.259 e. The van der Waals surface area contributed by atoms with E-state index in [0.717, 1.165) is 6.21 Å². The summed E-state index contributed by atoms with van der Waals surface area (Å²) in [5.74, 6) is -0.918. The summed E-state index contributed by atoms with van der Waals surface area (Å²) in [5.41, 5.74) is 2.63. The van der Waals surface area contributed by atoms with Crippen LogP contribution >= 0.6 is 11.6 Å². The number of carbonyl (C=O) groups excluding carboxylic acids is 2. The molecule has 2 N–H and O–H groups in total. The first kappa shape index (κ1) is 18.4. The van der Waals surface area contributed by atoms with Crippen molar-refractivity contribution in [3.63, 3.8) is 0 Å². The number of hydrogen-bond donors (Lipinski definition) is 2. The van der Waals surface area contributed by atoms with Crippen molar-refractivity contribution in [1.29, 1.82) is 0 Å². The van der Waals surface area contributed by atoms with E-state index >= 15 is 0 Å². The van der Waals surface area contributed by atoms with E-state index < -0.39 is 17.6 Å².